The number of amides is 1. The van der Waals surface area contributed by atoms with Crippen molar-refractivity contribution in [3.8, 4) is 0 Å². The Morgan fingerprint density at radius 2 is 2.05 bits per heavy atom. The number of aryl methyl sites for hydroxylation is 1. The van der Waals surface area contributed by atoms with Crippen molar-refractivity contribution in [3.05, 3.63) is 29.6 Å². The largest absolute Gasteiger partial charge is 0.395 e. The maximum atomic E-state index is 12.4. The van der Waals surface area contributed by atoms with E-state index >= 15 is 0 Å². The van der Waals surface area contributed by atoms with Crippen molar-refractivity contribution < 1.29 is 9.90 Å². The number of hydrogen-bond donors (Lipinski definition) is 1. The van der Waals surface area contributed by atoms with Gasteiger partial charge in [-0.05, 0) is 25.0 Å². The predicted molar refractivity (Wildman–Crippen MR) is 77.6 cm³/mol. The summed E-state index contributed by atoms with van der Waals surface area (Å²) in [5.41, 5.74) is 1.66. The van der Waals surface area contributed by atoms with Gasteiger partial charge >= 0.3 is 0 Å². The van der Waals surface area contributed by atoms with Crippen molar-refractivity contribution >= 4 is 5.91 Å². The molecule has 1 N–H and O–H groups in total. The van der Waals surface area contributed by atoms with Crippen LogP contribution < -0.4 is 0 Å². The topological polar surface area (TPSA) is 56.7 Å². The van der Waals surface area contributed by atoms with Crippen LogP contribution in [0, 0.1) is 6.92 Å². The molecule has 1 atom stereocenters. The summed E-state index contributed by atoms with van der Waals surface area (Å²) in [6.07, 6.45) is 4.32. The molecule has 1 aliphatic rings. The Labute approximate surface area is 120 Å². The number of nitrogens with zero attached hydrogens (tertiary/aromatic N) is 3. The van der Waals surface area contributed by atoms with Crippen LogP contribution in [0.3, 0.4) is 0 Å². The summed E-state index contributed by atoms with van der Waals surface area (Å²) in [6, 6.07) is 2.09. The zero-order valence-corrected chi connectivity index (χ0v) is 12.2. The summed E-state index contributed by atoms with van der Waals surface area (Å²) < 4.78 is 0. The Morgan fingerprint density at radius 1 is 1.35 bits per heavy atom. The van der Waals surface area contributed by atoms with E-state index in [1.54, 1.807) is 12.4 Å². The number of hydrogen-bond acceptors (Lipinski definition) is 4. The molecule has 1 aromatic heterocycles. The van der Waals surface area contributed by atoms with Crippen molar-refractivity contribution in [2.75, 3.05) is 32.8 Å². The summed E-state index contributed by atoms with van der Waals surface area (Å²) in [5.74, 6) is 0.0536. The van der Waals surface area contributed by atoms with Crippen LogP contribution in [0.1, 0.15) is 29.3 Å². The van der Waals surface area contributed by atoms with E-state index in [-0.39, 0.29) is 18.6 Å². The van der Waals surface area contributed by atoms with Crippen molar-refractivity contribution in [2.45, 2.75) is 26.3 Å². The molecule has 0 bridgehead atoms. The maximum Gasteiger partial charge on any atom is 0.255 e. The second kappa shape index (κ2) is 6.81. The fraction of sp³-hybridized carbons (Fsp3) is 0.600. The fourth-order valence-electron chi connectivity index (χ4n) is 2.65. The minimum Gasteiger partial charge on any atom is -0.395 e. The summed E-state index contributed by atoms with van der Waals surface area (Å²) in [6.45, 7) is 7.28. The Morgan fingerprint density at radius 3 is 2.60 bits per heavy atom. The molecular formula is C15H23N3O2. The summed E-state index contributed by atoms with van der Waals surface area (Å²) in [4.78, 5) is 20.6. The van der Waals surface area contributed by atoms with Gasteiger partial charge in [0, 0.05) is 44.6 Å². The van der Waals surface area contributed by atoms with Crippen LogP contribution in [-0.2, 0) is 0 Å². The van der Waals surface area contributed by atoms with E-state index in [9.17, 15) is 9.90 Å². The van der Waals surface area contributed by atoms with E-state index in [2.05, 4.69) is 16.8 Å². The molecule has 20 heavy (non-hydrogen) atoms. The number of carbonyl (C=O) groups excluding carboxylic acids is 1. The highest BCUT2D eigenvalue weighted by atomic mass is 16.3. The molecule has 110 valence electrons. The summed E-state index contributed by atoms with van der Waals surface area (Å²) >= 11 is 0. The molecule has 1 unspecified atom stereocenters. The summed E-state index contributed by atoms with van der Waals surface area (Å²) in [5, 5.41) is 9.33. The van der Waals surface area contributed by atoms with Gasteiger partial charge in [-0.2, -0.15) is 0 Å². The van der Waals surface area contributed by atoms with E-state index in [1.807, 2.05) is 17.9 Å². The molecule has 0 saturated carbocycles. The molecule has 1 fully saturated rings. The lowest BCUT2D eigenvalue weighted by Crippen LogP contribution is -2.52. The molecule has 2 rings (SSSR count). The Balaban J connectivity index is 1.95. The minimum atomic E-state index is 0.0536. The number of pyridine rings is 1. The molecule has 1 amide bonds. The van der Waals surface area contributed by atoms with E-state index in [4.69, 9.17) is 0 Å². The lowest BCUT2D eigenvalue weighted by Gasteiger charge is -2.38. The van der Waals surface area contributed by atoms with Gasteiger partial charge in [0.1, 0.15) is 0 Å². The molecular weight excluding hydrogens is 254 g/mol. The van der Waals surface area contributed by atoms with Crippen molar-refractivity contribution in [1.29, 1.82) is 0 Å². The van der Waals surface area contributed by atoms with Crippen molar-refractivity contribution in [3.63, 3.8) is 0 Å². The standard InChI is InChI=1S/C15H23N3O2/c1-3-14(11-19)17-4-6-18(7-5-17)15(20)13-8-12(2)9-16-10-13/h8-10,14,19H,3-7,11H2,1-2H3. The number of aliphatic hydroxyl groups is 1. The van der Waals surface area contributed by atoms with Crippen molar-refractivity contribution in [2.24, 2.45) is 0 Å². The molecule has 0 spiro atoms. The fourth-order valence-corrected chi connectivity index (χ4v) is 2.65. The van der Waals surface area contributed by atoms with E-state index in [0.29, 0.717) is 18.7 Å². The van der Waals surface area contributed by atoms with Crippen LogP contribution in [0.4, 0.5) is 0 Å². The normalized spacial score (nSPS) is 18.1. The first-order valence-electron chi connectivity index (χ1n) is 7.21. The Kier molecular flexibility index (Phi) is 5.09. The summed E-state index contributed by atoms with van der Waals surface area (Å²) in [7, 11) is 0. The molecule has 0 radical (unpaired) electrons. The third kappa shape index (κ3) is 3.35. The van der Waals surface area contributed by atoms with Crippen molar-refractivity contribution in [1.82, 2.24) is 14.8 Å². The van der Waals surface area contributed by atoms with Gasteiger partial charge in [-0.15, -0.1) is 0 Å². The van der Waals surface area contributed by atoms with Crippen LogP contribution in [-0.4, -0.2) is 64.6 Å². The molecule has 1 aromatic rings. The van der Waals surface area contributed by atoms with Gasteiger partial charge < -0.3 is 10.0 Å². The third-order valence-corrected chi connectivity index (χ3v) is 3.92. The van der Waals surface area contributed by atoms with E-state index < -0.39 is 0 Å². The average molecular weight is 277 g/mol. The van der Waals surface area contributed by atoms with Crippen LogP contribution in [0.15, 0.2) is 18.5 Å². The second-order valence-corrected chi connectivity index (χ2v) is 5.32. The van der Waals surface area contributed by atoms with Crippen LogP contribution >= 0.6 is 0 Å². The van der Waals surface area contributed by atoms with Gasteiger partial charge in [0.25, 0.3) is 5.91 Å². The van der Waals surface area contributed by atoms with Crippen LogP contribution in [0.2, 0.25) is 0 Å². The Hall–Kier alpha value is -1.46. The van der Waals surface area contributed by atoms with Gasteiger partial charge in [-0.25, -0.2) is 0 Å². The smallest absolute Gasteiger partial charge is 0.255 e. The minimum absolute atomic E-state index is 0.0536. The second-order valence-electron chi connectivity index (χ2n) is 5.32. The molecule has 5 heteroatoms. The maximum absolute atomic E-state index is 12.4. The number of rotatable bonds is 4. The molecule has 2 heterocycles. The molecule has 0 aromatic carbocycles. The first kappa shape index (κ1) is 14.9. The van der Waals surface area contributed by atoms with E-state index in [0.717, 1.165) is 25.1 Å². The lowest BCUT2D eigenvalue weighted by molar-refractivity contribution is 0.0472. The first-order valence-corrected chi connectivity index (χ1v) is 7.21. The Bertz CT molecular complexity index is 452. The zero-order chi connectivity index (χ0) is 14.5. The number of aliphatic hydroxyl groups excluding tert-OH is 1. The van der Waals surface area contributed by atoms with Gasteiger partial charge in [0.2, 0.25) is 0 Å². The molecule has 1 aliphatic heterocycles. The van der Waals surface area contributed by atoms with Gasteiger partial charge in [0.05, 0.1) is 12.2 Å². The molecule has 5 nitrogen and oxygen atoms in total. The van der Waals surface area contributed by atoms with Gasteiger partial charge in [0.15, 0.2) is 0 Å². The van der Waals surface area contributed by atoms with Gasteiger partial charge in [-0.1, -0.05) is 6.92 Å². The predicted octanol–water partition coefficient (Wildman–Crippen LogP) is 0.919. The highest BCUT2D eigenvalue weighted by Gasteiger charge is 2.25. The number of aromatic nitrogens is 1. The van der Waals surface area contributed by atoms with E-state index in [1.165, 1.54) is 0 Å². The monoisotopic (exact) mass is 277 g/mol. The average Bonchev–Trinajstić information content (AvgIpc) is 2.48. The first-order chi connectivity index (χ1) is 9.65. The highest BCUT2D eigenvalue weighted by molar-refractivity contribution is 5.94. The number of piperazine rings is 1. The zero-order valence-electron chi connectivity index (χ0n) is 12.2. The lowest BCUT2D eigenvalue weighted by atomic mass is 10.1. The molecule has 1 saturated heterocycles. The third-order valence-electron chi connectivity index (χ3n) is 3.92. The van der Waals surface area contributed by atoms with Crippen LogP contribution in [0.5, 0.6) is 0 Å². The quantitative estimate of drug-likeness (QED) is 0.889. The highest BCUT2D eigenvalue weighted by Crippen LogP contribution is 2.12. The van der Waals surface area contributed by atoms with Gasteiger partial charge in [-0.3, -0.25) is 14.7 Å². The number of carbonyl (C=O) groups is 1. The molecule has 0 aliphatic carbocycles. The SMILES string of the molecule is CCC(CO)N1CCN(C(=O)c2cncc(C)c2)CC1. The van der Waals surface area contributed by atoms with Crippen LogP contribution in [0.25, 0.3) is 0 Å².